The van der Waals surface area contributed by atoms with Crippen molar-refractivity contribution >= 4 is 5.91 Å². The fourth-order valence-corrected chi connectivity index (χ4v) is 8.50. The number of hydrogen-bond acceptors (Lipinski definition) is 1. The molecule has 30 heavy (non-hydrogen) atoms. The van der Waals surface area contributed by atoms with Crippen LogP contribution in [0.4, 0.5) is 0 Å². The van der Waals surface area contributed by atoms with Crippen molar-refractivity contribution in [3.63, 3.8) is 0 Å². The standard InChI is InChI=1S/C27H45NO.Rb/c1-17(2)8-7-9-18(3)20-10-11-21-25-19(4)16-23-27(6,15-13-24(29)28-23)22(25)12-14-26(20,21)5;/h17-18,20-23,25H,4,7-16H2,1-3,5-6H3,(H,28,29);/q;+1/p-1/t18?,20-,21?,22?,23-,25?,26-,27-;/m1./s1. The van der Waals surface area contributed by atoms with Gasteiger partial charge in [-0.25, -0.2) is 0 Å². The predicted octanol–water partition coefficient (Wildman–Crippen LogP) is 4.54. The van der Waals surface area contributed by atoms with Gasteiger partial charge in [0.1, 0.15) is 0 Å². The number of nitrogens with zero attached hydrogens (tertiary/aromatic N) is 1. The predicted molar refractivity (Wildman–Crippen MR) is 122 cm³/mol. The number of piperidine rings is 1. The maximum Gasteiger partial charge on any atom is 1.00 e. The Morgan fingerprint density at radius 3 is 2.43 bits per heavy atom. The summed E-state index contributed by atoms with van der Waals surface area (Å²) in [4.78, 5) is 12.0. The molecule has 0 bridgehead atoms. The molecular formula is C27H44NORb. The Balaban J connectivity index is 0.00000256. The minimum atomic E-state index is 0. The first-order valence-electron chi connectivity index (χ1n) is 12.6. The van der Waals surface area contributed by atoms with Crippen molar-refractivity contribution in [2.45, 2.75) is 105 Å². The molecule has 3 saturated carbocycles. The van der Waals surface area contributed by atoms with E-state index in [4.69, 9.17) is 0 Å². The molecule has 164 valence electrons. The first-order valence-corrected chi connectivity index (χ1v) is 12.6. The van der Waals surface area contributed by atoms with Gasteiger partial charge in [-0.3, -0.25) is 0 Å². The monoisotopic (exact) mass is 483 g/mol. The van der Waals surface area contributed by atoms with Crippen molar-refractivity contribution in [1.29, 1.82) is 0 Å². The molecule has 4 unspecified atom stereocenters. The molecule has 1 amide bonds. The molecule has 0 aromatic heterocycles. The maximum absolute atomic E-state index is 12.0. The summed E-state index contributed by atoms with van der Waals surface area (Å²) < 4.78 is 0. The molecule has 1 heterocycles. The van der Waals surface area contributed by atoms with Gasteiger partial charge in [-0.1, -0.05) is 66.0 Å². The van der Waals surface area contributed by atoms with Gasteiger partial charge >= 0.3 is 58.2 Å². The topological polar surface area (TPSA) is 31.2 Å². The molecule has 4 aliphatic rings. The van der Waals surface area contributed by atoms with Gasteiger partial charge < -0.3 is 10.1 Å². The third-order valence-corrected chi connectivity index (χ3v) is 10.2. The zero-order chi connectivity index (χ0) is 21.0. The first-order chi connectivity index (χ1) is 13.7. The second-order valence-corrected chi connectivity index (χ2v) is 12.2. The van der Waals surface area contributed by atoms with Crippen LogP contribution in [0, 0.1) is 46.3 Å². The second kappa shape index (κ2) is 9.71. The van der Waals surface area contributed by atoms with Crippen LogP contribution >= 0.6 is 0 Å². The molecule has 0 aromatic rings. The molecule has 3 aliphatic carbocycles. The largest absolute Gasteiger partial charge is 1.00 e. The van der Waals surface area contributed by atoms with Crippen molar-refractivity contribution in [3.05, 3.63) is 17.5 Å². The number of amides is 1. The van der Waals surface area contributed by atoms with E-state index >= 15 is 0 Å². The van der Waals surface area contributed by atoms with Crippen LogP contribution in [0.2, 0.25) is 0 Å². The van der Waals surface area contributed by atoms with Gasteiger partial charge in [0.2, 0.25) is 0 Å². The molecule has 4 rings (SSSR count). The summed E-state index contributed by atoms with van der Waals surface area (Å²) in [6.45, 7) is 17.0. The molecule has 8 atom stereocenters. The Morgan fingerprint density at radius 2 is 1.73 bits per heavy atom. The Bertz CT molecular complexity index is 659. The third kappa shape index (κ3) is 4.39. The Labute approximate surface area is 235 Å². The fourth-order valence-electron chi connectivity index (χ4n) is 8.50. The summed E-state index contributed by atoms with van der Waals surface area (Å²) in [5.41, 5.74) is 2.15. The average Bonchev–Trinajstić information content (AvgIpc) is 3.00. The molecule has 0 aromatic carbocycles. The quantitative estimate of drug-likeness (QED) is 0.528. The van der Waals surface area contributed by atoms with Gasteiger partial charge in [0.25, 0.3) is 0 Å². The van der Waals surface area contributed by atoms with Crippen molar-refractivity contribution in [3.8, 4) is 0 Å². The van der Waals surface area contributed by atoms with Crippen LogP contribution in [0.25, 0.3) is 5.32 Å². The van der Waals surface area contributed by atoms with Gasteiger partial charge in [0.15, 0.2) is 0 Å². The fraction of sp³-hybridized carbons (Fsp3) is 0.889. The Kier molecular flexibility index (Phi) is 8.30. The average molecular weight is 484 g/mol. The van der Waals surface area contributed by atoms with Crippen molar-refractivity contribution in [2.75, 3.05) is 0 Å². The van der Waals surface area contributed by atoms with Gasteiger partial charge in [0, 0.05) is 0 Å². The molecule has 3 heteroatoms. The van der Waals surface area contributed by atoms with Gasteiger partial charge in [0.05, 0.1) is 5.91 Å². The third-order valence-electron chi connectivity index (χ3n) is 10.2. The smallest absolute Gasteiger partial charge is 0.650 e. The number of hydrogen-bond donors (Lipinski definition) is 0. The van der Waals surface area contributed by atoms with E-state index in [1.54, 1.807) is 0 Å². The van der Waals surface area contributed by atoms with Crippen LogP contribution in [0.3, 0.4) is 0 Å². The van der Waals surface area contributed by atoms with Crippen molar-refractivity contribution in [2.24, 2.45) is 46.3 Å². The van der Waals surface area contributed by atoms with E-state index in [-0.39, 0.29) is 75.6 Å². The molecule has 2 nitrogen and oxygen atoms in total. The van der Waals surface area contributed by atoms with Crippen LogP contribution in [0.15, 0.2) is 12.2 Å². The zero-order valence-electron chi connectivity index (χ0n) is 20.7. The van der Waals surface area contributed by atoms with Gasteiger partial charge in [-0.15, -0.1) is 6.04 Å². The van der Waals surface area contributed by atoms with E-state index in [0.29, 0.717) is 23.7 Å². The van der Waals surface area contributed by atoms with Gasteiger partial charge in [-0.2, -0.15) is 0 Å². The number of carbonyl (C=O) groups is 1. The first kappa shape index (κ1) is 25.6. The molecule has 4 fully saturated rings. The molecule has 0 spiro atoms. The summed E-state index contributed by atoms with van der Waals surface area (Å²) in [5.74, 6) is 4.87. The normalized spacial score (nSPS) is 43.9. The minimum absolute atomic E-state index is 0. The van der Waals surface area contributed by atoms with Gasteiger partial charge in [-0.05, 0) is 91.3 Å². The number of carbonyl (C=O) groups excluding carboxylic acids is 1. The molecule has 1 saturated heterocycles. The SMILES string of the molecule is C=C1C[C@H]2[N-]C(=O)CC[C@]2(C)C2CC[C@@]3(C)C(CC[C@@H]3C(C)CCCC(C)C)C12.[Rb+]. The summed E-state index contributed by atoms with van der Waals surface area (Å²) in [7, 11) is 0. The van der Waals surface area contributed by atoms with Crippen LogP contribution in [0.5, 0.6) is 0 Å². The van der Waals surface area contributed by atoms with Crippen LogP contribution < -0.4 is 58.2 Å². The molecule has 1 aliphatic heterocycles. The van der Waals surface area contributed by atoms with Crippen molar-refractivity contribution < 1.29 is 63.0 Å². The minimum Gasteiger partial charge on any atom is -0.650 e. The van der Waals surface area contributed by atoms with Crippen LogP contribution in [-0.4, -0.2) is 11.9 Å². The Hall–Kier alpha value is 1.02. The van der Waals surface area contributed by atoms with E-state index in [1.807, 2.05) is 0 Å². The van der Waals surface area contributed by atoms with Crippen LogP contribution in [0.1, 0.15) is 98.8 Å². The molecule has 0 N–H and O–H groups in total. The van der Waals surface area contributed by atoms with E-state index in [2.05, 4.69) is 46.5 Å². The summed E-state index contributed by atoms with van der Waals surface area (Å²) in [6.07, 6.45) is 12.4. The molecular weight excluding hydrogens is 440 g/mol. The number of fused-ring (bicyclic) bond motifs is 5. The Morgan fingerprint density at radius 1 is 1.03 bits per heavy atom. The summed E-state index contributed by atoms with van der Waals surface area (Å²) in [6, 6.07) is 0.203. The van der Waals surface area contributed by atoms with Crippen LogP contribution in [-0.2, 0) is 4.79 Å². The van der Waals surface area contributed by atoms with E-state index in [1.165, 1.54) is 50.5 Å². The van der Waals surface area contributed by atoms with E-state index in [9.17, 15) is 4.79 Å². The van der Waals surface area contributed by atoms with Crippen molar-refractivity contribution in [1.82, 2.24) is 0 Å². The number of rotatable bonds is 5. The molecule has 0 radical (unpaired) electrons. The van der Waals surface area contributed by atoms with E-state index in [0.717, 1.165) is 36.5 Å². The summed E-state index contributed by atoms with van der Waals surface area (Å²) >= 11 is 0. The zero-order valence-corrected chi connectivity index (χ0v) is 25.6. The second-order valence-electron chi connectivity index (χ2n) is 12.2. The maximum atomic E-state index is 12.0. The summed E-state index contributed by atoms with van der Waals surface area (Å²) in [5, 5.41) is 4.61. The van der Waals surface area contributed by atoms with E-state index < -0.39 is 0 Å².